The molecule has 0 saturated heterocycles. The average Bonchev–Trinajstić information content (AvgIpc) is 3.10. The van der Waals surface area contributed by atoms with Crippen molar-refractivity contribution in [3.8, 4) is 0 Å². The number of benzene rings is 1. The van der Waals surface area contributed by atoms with Crippen molar-refractivity contribution in [3.05, 3.63) is 58.3 Å². The first kappa shape index (κ1) is 19.1. The third-order valence-corrected chi connectivity index (χ3v) is 4.76. The van der Waals surface area contributed by atoms with E-state index in [1.54, 1.807) is 11.3 Å². The van der Waals surface area contributed by atoms with E-state index in [1.807, 2.05) is 35.0 Å². The Kier molecular flexibility index (Phi) is 7.63. The summed E-state index contributed by atoms with van der Waals surface area (Å²) in [5.74, 6) is 0.223. The lowest BCUT2D eigenvalue weighted by molar-refractivity contribution is -0.676. The van der Waals surface area contributed by atoms with Gasteiger partial charge >= 0.3 is 6.03 Å². The Balaban J connectivity index is 1.86. The summed E-state index contributed by atoms with van der Waals surface area (Å²) in [4.78, 5) is 25.0. The molecule has 1 aromatic carbocycles. The second-order valence-corrected chi connectivity index (χ2v) is 7.31. The number of nitrogens with one attached hydrogen (secondary N) is 2. The number of carbonyl (C=O) groups excluding carboxylic acids is 2. The number of imide groups is 1. The van der Waals surface area contributed by atoms with E-state index in [9.17, 15) is 9.59 Å². The molecule has 0 radical (unpaired) electrons. The summed E-state index contributed by atoms with van der Waals surface area (Å²) in [6.07, 6.45) is 0.891. The maximum Gasteiger partial charge on any atom is 0.321 e. The van der Waals surface area contributed by atoms with Crippen LogP contribution in [0.15, 0.2) is 47.8 Å². The van der Waals surface area contributed by atoms with Crippen molar-refractivity contribution >= 4 is 23.3 Å². The Morgan fingerprint density at radius 2 is 1.88 bits per heavy atom. The standard InChI is InChI=1S/C19H25N3O2S/c1-14(2)10-11-20-19(24)22-17(23)13-21-18(16-9-6-12-25-16)15-7-4-3-5-8-15/h3-9,12,14,18,21H,10-11,13H2,1-2H3,(H2,20,22,23,24)/p+1/t18-/m0/s1. The largest absolute Gasteiger partial charge is 0.338 e. The Morgan fingerprint density at radius 1 is 1.12 bits per heavy atom. The molecule has 0 aliphatic rings. The van der Waals surface area contributed by atoms with E-state index in [-0.39, 0.29) is 18.5 Å². The van der Waals surface area contributed by atoms with Crippen LogP contribution in [-0.4, -0.2) is 25.0 Å². The van der Waals surface area contributed by atoms with Crippen LogP contribution >= 0.6 is 11.3 Å². The van der Waals surface area contributed by atoms with Crippen molar-refractivity contribution in [2.75, 3.05) is 13.1 Å². The molecule has 1 atom stereocenters. The highest BCUT2D eigenvalue weighted by molar-refractivity contribution is 7.10. The first-order valence-corrected chi connectivity index (χ1v) is 9.43. The van der Waals surface area contributed by atoms with Gasteiger partial charge in [-0.1, -0.05) is 50.2 Å². The molecule has 1 heterocycles. The van der Waals surface area contributed by atoms with Crippen molar-refractivity contribution in [1.29, 1.82) is 0 Å². The molecule has 25 heavy (non-hydrogen) atoms. The van der Waals surface area contributed by atoms with Gasteiger partial charge in [-0.25, -0.2) is 4.79 Å². The summed E-state index contributed by atoms with van der Waals surface area (Å²) in [5.41, 5.74) is 1.14. The van der Waals surface area contributed by atoms with E-state index in [4.69, 9.17) is 0 Å². The molecule has 0 bridgehead atoms. The summed E-state index contributed by atoms with van der Waals surface area (Å²) in [5, 5.41) is 9.08. The van der Waals surface area contributed by atoms with Crippen LogP contribution in [0.2, 0.25) is 0 Å². The van der Waals surface area contributed by atoms with E-state index >= 15 is 0 Å². The van der Waals surface area contributed by atoms with E-state index < -0.39 is 6.03 Å². The quantitative estimate of drug-likeness (QED) is 0.675. The predicted molar refractivity (Wildman–Crippen MR) is 100 cm³/mol. The van der Waals surface area contributed by atoms with E-state index in [2.05, 4.69) is 42.7 Å². The fourth-order valence-corrected chi connectivity index (χ4v) is 3.32. The minimum Gasteiger partial charge on any atom is -0.338 e. The van der Waals surface area contributed by atoms with Gasteiger partial charge in [-0.3, -0.25) is 10.1 Å². The molecule has 134 valence electrons. The summed E-state index contributed by atoms with van der Waals surface area (Å²) in [6, 6.07) is 13.8. The highest BCUT2D eigenvalue weighted by Gasteiger charge is 2.20. The smallest absolute Gasteiger partial charge is 0.321 e. The van der Waals surface area contributed by atoms with Crippen molar-refractivity contribution < 1.29 is 14.9 Å². The molecule has 0 spiro atoms. The highest BCUT2D eigenvalue weighted by atomic mass is 32.1. The van der Waals surface area contributed by atoms with Gasteiger partial charge in [-0.15, -0.1) is 11.3 Å². The van der Waals surface area contributed by atoms with Crippen molar-refractivity contribution in [1.82, 2.24) is 10.6 Å². The van der Waals surface area contributed by atoms with Gasteiger partial charge in [0.2, 0.25) is 0 Å². The zero-order chi connectivity index (χ0) is 18.1. The van der Waals surface area contributed by atoms with Crippen LogP contribution in [0.3, 0.4) is 0 Å². The van der Waals surface area contributed by atoms with Crippen molar-refractivity contribution in [3.63, 3.8) is 0 Å². The molecule has 0 aliphatic heterocycles. The van der Waals surface area contributed by atoms with E-state index in [0.717, 1.165) is 12.0 Å². The van der Waals surface area contributed by atoms with Crippen LogP contribution in [0, 0.1) is 5.92 Å². The SMILES string of the molecule is CC(C)CCNC(=O)NC(=O)C[NH2+][C@@H](c1ccccc1)c1cccs1. The predicted octanol–water partition coefficient (Wildman–Crippen LogP) is 2.27. The second-order valence-electron chi connectivity index (χ2n) is 6.33. The summed E-state index contributed by atoms with van der Waals surface area (Å²) >= 11 is 1.66. The van der Waals surface area contributed by atoms with E-state index in [1.165, 1.54) is 4.88 Å². The Morgan fingerprint density at radius 3 is 2.52 bits per heavy atom. The van der Waals surface area contributed by atoms with Gasteiger partial charge in [0.25, 0.3) is 5.91 Å². The molecule has 2 rings (SSSR count). The lowest BCUT2D eigenvalue weighted by atomic mass is 10.1. The van der Waals surface area contributed by atoms with Crippen molar-refractivity contribution in [2.45, 2.75) is 26.3 Å². The number of hydrogen-bond donors (Lipinski definition) is 3. The topological polar surface area (TPSA) is 74.8 Å². The highest BCUT2D eigenvalue weighted by Crippen LogP contribution is 2.22. The average molecular weight is 361 g/mol. The van der Waals surface area contributed by atoms with Crippen LogP contribution in [-0.2, 0) is 4.79 Å². The molecule has 3 amide bonds. The summed E-state index contributed by atoms with van der Waals surface area (Å²) < 4.78 is 0. The fraction of sp³-hybridized carbons (Fsp3) is 0.368. The number of urea groups is 1. The third kappa shape index (κ3) is 6.68. The molecule has 4 N–H and O–H groups in total. The zero-order valence-electron chi connectivity index (χ0n) is 14.7. The summed E-state index contributed by atoms with van der Waals surface area (Å²) in [6.45, 7) is 4.94. The van der Waals surface area contributed by atoms with Gasteiger partial charge in [0, 0.05) is 12.1 Å². The van der Waals surface area contributed by atoms with Gasteiger partial charge in [-0.2, -0.15) is 0 Å². The maximum atomic E-state index is 12.1. The minimum atomic E-state index is -0.425. The second kappa shape index (κ2) is 9.96. The zero-order valence-corrected chi connectivity index (χ0v) is 15.5. The van der Waals surface area contributed by atoms with Crippen molar-refractivity contribution in [2.24, 2.45) is 5.92 Å². The number of amides is 3. The van der Waals surface area contributed by atoms with E-state index in [0.29, 0.717) is 12.5 Å². The molecule has 0 saturated carbocycles. The van der Waals surface area contributed by atoms with Crippen LogP contribution in [0.4, 0.5) is 4.79 Å². The molecule has 6 heteroatoms. The Labute approximate surface area is 152 Å². The van der Waals surface area contributed by atoms with Gasteiger partial charge in [0.15, 0.2) is 6.54 Å². The first-order valence-electron chi connectivity index (χ1n) is 8.55. The monoisotopic (exact) mass is 360 g/mol. The van der Waals surface area contributed by atoms with Gasteiger partial charge in [0.1, 0.15) is 6.04 Å². The van der Waals surface area contributed by atoms with Crippen LogP contribution in [0.1, 0.15) is 36.8 Å². The lowest BCUT2D eigenvalue weighted by Gasteiger charge is -2.14. The molecular weight excluding hydrogens is 334 g/mol. The van der Waals surface area contributed by atoms with Crippen LogP contribution < -0.4 is 16.0 Å². The number of rotatable bonds is 8. The molecule has 5 nitrogen and oxygen atoms in total. The number of thiophene rings is 1. The van der Waals surface area contributed by atoms with Gasteiger partial charge in [-0.05, 0) is 23.8 Å². The van der Waals surface area contributed by atoms with Gasteiger partial charge in [0.05, 0.1) is 4.88 Å². The first-order chi connectivity index (χ1) is 12.1. The molecule has 0 aliphatic carbocycles. The van der Waals surface area contributed by atoms with Crippen LogP contribution in [0.5, 0.6) is 0 Å². The normalized spacial score (nSPS) is 12.0. The molecule has 0 fully saturated rings. The number of nitrogens with two attached hydrogens (primary N) is 1. The lowest BCUT2D eigenvalue weighted by Crippen LogP contribution is -2.87. The fourth-order valence-electron chi connectivity index (χ4n) is 2.47. The number of carbonyl (C=O) groups is 2. The Bertz CT molecular complexity index is 657. The molecule has 2 aromatic rings. The summed E-state index contributed by atoms with van der Waals surface area (Å²) in [7, 11) is 0. The number of quaternary nitrogens is 1. The number of hydrogen-bond acceptors (Lipinski definition) is 3. The minimum absolute atomic E-state index is 0.0518. The maximum absolute atomic E-state index is 12.1. The van der Waals surface area contributed by atoms with Gasteiger partial charge < -0.3 is 10.6 Å². The third-order valence-electron chi connectivity index (χ3n) is 3.81. The molecular formula is C19H26N3O2S+. The molecule has 1 aromatic heterocycles. The molecule has 0 unspecified atom stereocenters. The Hall–Kier alpha value is -2.18. The van der Waals surface area contributed by atoms with Crippen LogP contribution in [0.25, 0.3) is 0 Å².